The van der Waals surface area contributed by atoms with Gasteiger partial charge in [-0.25, -0.2) is 5.06 Å². The molecule has 0 fully saturated rings. The maximum atomic E-state index is 13.4. The Kier molecular flexibility index (Phi) is 33.9. The first-order valence-electron chi connectivity index (χ1n) is 23.6. The van der Waals surface area contributed by atoms with Crippen LogP contribution in [0, 0.1) is 0 Å². The molecule has 0 aromatic heterocycles. The second-order valence-corrected chi connectivity index (χ2v) is 16.2. The van der Waals surface area contributed by atoms with Crippen molar-refractivity contribution in [1.29, 1.82) is 0 Å². The van der Waals surface area contributed by atoms with E-state index in [0.29, 0.717) is 13.1 Å². The predicted octanol–water partition coefficient (Wildman–Crippen LogP) is 10.7. The Balaban J connectivity index is 2.63. The summed E-state index contributed by atoms with van der Waals surface area (Å²) in [6.45, 7) is 11.9. The van der Waals surface area contributed by atoms with Gasteiger partial charge in [0.2, 0.25) is 17.7 Å². The van der Waals surface area contributed by atoms with Crippen LogP contribution < -0.4 is 5.32 Å². The van der Waals surface area contributed by atoms with Crippen LogP contribution in [-0.2, 0) is 41.8 Å². The summed E-state index contributed by atoms with van der Waals surface area (Å²) in [5, 5.41) is 4.13. The average Bonchev–Trinajstić information content (AvgIpc) is 3.22. The lowest BCUT2D eigenvalue weighted by Gasteiger charge is -2.25. The first kappa shape index (κ1) is 53.0. The summed E-state index contributed by atoms with van der Waals surface area (Å²) < 4.78 is 5.60. The van der Waals surface area contributed by atoms with Crippen molar-refractivity contribution in [3.05, 3.63) is 35.4 Å². The van der Waals surface area contributed by atoms with Crippen LogP contribution in [0.5, 0.6) is 0 Å². The molecule has 0 aliphatic rings. The first-order chi connectivity index (χ1) is 28.3. The van der Waals surface area contributed by atoms with Gasteiger partial charge in [0.25, 0.3) is 5.91 Å². The van der Waals surface area contributed by atoms with E-state index in [2.05, 4.69) is 33.0 Å². The van der Waals surface area contributed by atoms with Gasteiger partial charge in [-0.1, -0.05) is 180 Å². The summed E-state index contributed by atoms with van der Waals surface area (Å²) in [4.78, 5) is 61.8. The van der Waals surface area contributed by atoms with Crippen LogP contribution >= 0.6 is 0 Å². The van der Waals surface area contributed by atoms with Gasteiger partial charge in [0, 0.05) is 32.7 Å². The minimum atomic E-state index is -0.369. The zero-order chi connectivity index (χ0) is 42.5. The molecule has 1 N–H and O–H groups in total. The summed E-state index contributed by atoms with van der Waals surface area (Å²) in [5.74, 6) is -0.857. The molecular weight excluding hydrogens is 729 g/mol. The van der Waals surface area contributed by atoms with Gasteiger partial charge in [0.1, 0.15) is 19.6 Å². The number of hydroxylamine groups is 2. The first-order valence-corrected chi connectivity index (χ1v) is 23.6. The third-order valence-corrected chi connectivity index (χ3v) is 10.9. The zero-order valence-corrected chi connectivity index (χ0v) is 37.9. The molecule has 0 unspecified atom stereocenters. The fourth-order valence-electron chi connectivity index (χ4n) is 7.22. The molecular formula is C48H86N4O6. The number of amides is 4. The van der Waals surface area contributed by atoms with Crippen molar-refractivity contribution in [3.8, 4) is 0 Å². The van der Waals surface area contributed by atoms with Crippen LogP contribution in [0.1, 0.15) is 199 Å². The number of carbonyl (C=O) groups is 4. The van der Waals surface area contributed by atoms with Crippen molar-refractivity contribution in [3.63, 3.8) is 0 Å². The Morgan fingerprint density at radius 3 is 1.38 bits per heavy atom. The maximum absolute atomic E-state index is 13.4. The molecule has 1 rings (SSSR count). The number of unbranched alkanes of at least 4 members (excludes halogenated alkanes) is 20. The van der Waals surface area contributed by atoms with E-state index >= 15 is 0 Å². The molecule has 10 nitrogen and oxygen atoms in total. The topological polar surface area (TPSA) is 108 Å². The van der Waals surface area contributed by atoms with E-state index in [1.54, 1.807) is 0 Å². The van der Waals surface area contributed by atoms with Gasteiger partial charge in [-0.2, -0.15) is 0 Å². The van der Waals surface area contributed by atoms with Crippen molar-refractivity contribution in [2.24, 2.45) is 0 Å². The smallest absolute Gasteiger partial charge is 0.255 e. The molecule has 0 aliphatic heterocycles. The van der Waals surface area contributed by atoms with Crippen molar-refractivity contribution in [2.45, 2.75) is 201 Å². The highest BCUT2D eigenvalue weighted by atomic mass is 16.7. The van der Waals surface area contributed by atoms with Gasteiger partial charge in [-0.15, -0.1) is 0 Å². The normalized spacial score (nSPS) is 11.1. The average molecular weight is 815 g/mol. The van der Waals surface area contributed by atoms with Crippen LogP contribution in [0.2, 0.25) is 0 Å². The van der Waals surface area contributed by atoms with Gasteiger partial charge >= 0.3 is 0 Å². The molecule has 0 saturated heterocycles. The highest BCUT2D eigenvalue weighted by Crippen LogP contribution is 2.14. The zero-order valence-electron chi connectivity index (χ0n) is 37.9. The standard InChI is InChI=1S/C48H86N4O6/c1-6-10-14-18-22-26-33-50(34-27-23-19-15-11-7-2)46(54)38-47(55)52(57-5)40-44-32-30-31-43(37-44)39-49-45(53)41-58-42-48(56)51(35-28-24-20-16-12-8-3)36-29-25-21-17-13-9-4/h30-32,37H,6-29,33-36,38-42H2,1-5H3,(H,49,53). The lowest BCUT2D eigenvalue weighted by atomic mass is 10.1. The number of rotatable bonds is 39. The van der Waals surface area contributed by atoms with Gasteiger partial charge in [-0.3, -0.25) is 24.0 Å². The summed E-state index contributed by atoms with van der Waals surface area (Å²) in [6.07, 6.45) is 27.7. The van der Waals surface area contributed by atoms with E-state index < -0.39 is 0 Å². The third-order valence-electron chi connectivity index (χ3n) is 10.9. The maximum Gasteiger partial charge on any atom is 0.255 e. The van der Waals surface area contributed by atoms with Gasteiger partial charge in [-0.05, 0) is 36.8 Å². The van der Waals surface area contributed by atoms with Crippen LogP contribution in [0.4, 0.5) is 0 Å². The minimum Gasteiger partial charge on any atom is -0.362 e. The van der Waals surface area contributed by atoms with Gasteiger partial charge in [0.15, 0.2) is 0 Å². The molecule has 1 aromatic rings. The van der Waals surface area contributed by atoms with Crippen molar-refractivity contribution in [2.75, 3.05) is 46.5 Å². The second kappa shape index (κ2) is 37.1. The lowest BCUT2D eigenvalue weighted by molar-refractivity contribution is -0.180. The molecule has 0 heterocycles. The monoisotopic (exact) mass is 815 g/mol. The summed E-state index contributed by atoms with van der Waals surface area (Å²) in [5.41, 5.74) is 1.68. The molecule has 334 valence electrons. The highest BCUT2D eigenvalue weighted by molar-refractivity contribution is 5.96. The molecule has 4 amide bonds. The van der Waals surface area contributed by atoms with E-state index in [-0.39, 0.29) is 56.4 Å². The summed E-state index contributed by atoms with van der Waals surface area (Å²) in [6, 6.07) is 7.59. The number of hydrogen-bond donors (Lipinski definition) is 1. The molecule has 1 aromatic carbocycles. The fourth-order valence-corrected chi connectivity index (χ4v) is 7.22. The summed E-state index contributed by atoms with van der Waals surface area (Å²) >= 11 is 0. The van der Waals surface area contributed by atoms with Crippen LogP contribution in [0.3, 0.4) is 0 Å². The minimum absolute atomic E-state index is 0.0510. The molecule has 0 saturated carbocycles. The third kappa shape index (κ3) is 27.7. The summed E-state index contributed by atoms with van der Waals surface area (Å²) in [7, 11) is 1.45. The Bertz CT molecular complexity index is 1160. The molecule has 0 atom stereocenters. The molecule has 10 heteroatoms. The predicted molar refractivity (Wildman–Crippen MR) is 238 cm³/mol. The van der Waals surface area contributed by atoms with E-state index in [0.717, 1.165) is 75.6 Å². The fraction of sp³-hybridized carbons (Fsp3) is 0.792. The van der Waals surface area contributed by atoms with E-state index in [9.17, 15) is 19.2 Å². The van der Waals surface area contributed by atoms with Crippen molar-refractivity contribution in [1.82, 2.24) is 20.2 Å². The molecule has 0 radical (unpaired) electrons. The Morgan fingerprint density at radius 1 is 0.517 bits per heavy atom. The number of benzene rings is 1. The van der Waals surface area contributed by atoms with E-state index in [4.69, 9.17) is 9.57 Å². The Morgan fingerprint density at radius 2 is 0.931 bits per heavy atom. The number of hydrogen-bond acceptors (Lipinski definition) is 6. The number of nitrogens with zero attached hydrogens (tertiary/aromatic N) is 3. The molecule has 58 heavy (non-hydrogen) atoms. The van der Waals surface area contributed by atoms with Crippen molar-refractivity contribution < 1.29 is 28.8 Å². The largest absolute Gasteiger partial charge is 0.362 e. The molecule has 0 bridgehead atoms. The number of ether oxygens (including phenoxy) is 1. The second-order valence-electron chi connectivity index (χ2n) is 16.2. The van der Waals surface area contributed by atoms with E-state index in [1.807, 2.05) is 34.1 Å². The molecule has 0 spiro atoms. The number of nitrogens with one attached hydrogen (secondary N) is 1. The lowest BCUT2D eigenvalue weighted by Crippen LogP contribution is -2.38. The Labute approximate surface area is 354 Å². The van der Waals surface area contributed by atoms with Crippen LogP contribution in [0.25, 0.3) is 0 Å². The number of carbonyl (C=O) groups excluding carboxylic acids is 4. The van der Waals surface area contributed by atoms with Crippen LogP contribution in [-0.4, -0.2) is 85.0 Å². The van der Waals surface area contributed by atoms with E-state index in [1.165, 1.54) is 115 Å². The van der Waals surface area contributed by atoms with Crippen LogP contribution in [0.15, 0.2) is 24.3 Å². The SMILES string of the molecule is CCCCCCCCN(CCCCCCCC)C(=O)COCC(=O)NCc1cccc(CN(OC)C(=O)CC(=O)N(CCCCCCCC)CCCCCCCC)c1. The highest BCUT2D eigenvalue weighted by Gasteiger charge is 2.22. The van der Waals surface area contributed by atoms with Gasteiger partial charge < -0.3 is 19.9 Å². The van der Waals surface area contributed by atoms with Crippen molar-refractivity contribution >= 4 is 23.6 Å². The van der Waals surface area contributed by atoms with Gasteiger partial charge in [0.05, 0.1) is 13.7 Å². The Hall–Kier alpha value is -2.98. The molecule has 0 aliphatic carbocycles. The quantitative estimate of drug-likeness (QED) is 0.0403.